The molecule has 0 fully saturated rings. The van der Waals surface area contributed by atoms with E-state index in [0.717, 1.165) is 5.69 Å². The molecule has 86 valence electrons. The molecule has 16 heavy (non-hydrogen) atoms. The molecule has 4 heteroatoms. The van der Waals surface area contributed by atoms with Crippen molar-refractivity contribution in [1.82, 2.24) is 0 Å². The maximum absolute atomic E-state index is 12.6. The fourth-order valence-corrected chi connectivity index (χ4v) is 1.16. The first-order valence-electron chi connectivity index (χ1n) is 4.99. The summed E-state index contributed by atoms with van der Waals surface area (Å²) in [4.78, 5) is 11.1. The number of hydrogen-bond acceptors (Lipinski definition) is 3. The topological polar surface area (TPSA) is 38.3 Å². The van der Waals surface area contributed by atoms with Gasteiger partial charge in [-0.15, -0.1) is 0 Å². The maximum Gasteiger partial charge on any atom is 0.332 e. The number of nitrogens with one attached hydrogen (secondary N) is 1. The molecule has 0 amide bonds. The van der Waals surface area contributed by atoms with E-state index in [1.807, 2.05) is 0 Å². The van der Waals surface area contributed by atoms with Gasteiger partial charge in [-0.25, -0.2) is 9.18 Å². The molecule has 3 nitrogen and oxygen atoms in total. The van der Waals surface area contributed by atoms with Crippen molar-refractivity contribution in [2.45, 2.75) is 13.8 Å². The smallest absolute Gasteiger partial charge is 0.332 e. The Morgan fingerprint density at radius 1 is 1.44 bits per heavy atom. The van der Waals surface area contributed by atoms with Crippen molar-refractivity contribution in [3.05, 3.63) is 41.9 Å². The van der Waals surface area contributed by atoms with E-state index in [0.29, 0.717) is 12.3 Å². The number of benzene rings is 1. The molecule has 0 aliphatic rings. The maximum atomic E-state index is 12.6. The Bertz CT molecular complexity index is 385. The molecule has 0 radical (unpaired) electrons. The van der Waals surface area contributed by atoms with Crippen LogP contribution in [0.25, 0.3) is 0 Å². The van der Waals surface area contributed by atoms with Crippen molar-refractivity contribution in [2.24, 2.45) is 0 Å². The van der Waals surface area contributed by atoms with Crippen LogP contribution in [0, 0.1) is 5.82 Å². The summed E-state index contributed by atoms with van der Waals surface area (Å²) in [5, 5.41) is 2.95. The summed E-state index contributed by atoms with van der Waals surface area (Å²) in [5.74, 6) is -0.688. The molecule has 0 spiro atoms. The first-order valence-corrected chi connectivity index (χ1v) is 4.99. The van der Waals surface area contributed by atoms with E-state index in [9.17, 15) is 9.18 Å². The van der Waals surface area contributed by atoms with Crippen LogP contribution in [-0.4, -0.2) is 12.6 Å². The van der Waals surface area contributed by atoms with Gasteiger partial charge in [-0.2, -0.15) is 0 Å². The van der Waals surface area contributed by atoms with Gasteiger partial charge in [0.1, 0.15) is 5.82 Å². The molecule has 0 saturated carbocycles. The predicted molar refractivity (Wildman–Crippen MR) is 60.4 cm³/mol. The first kappa shape index (κ1) is 12.2. The van der Waals surface area contributed by atoms with Crippen molar-refractivity contribution in [3.8, 4) is 0 Å². The average Bonchev–Trinajstić information content (AvgIpc) is 2.21. The molecule has 0 aliphatic heterocycles. The minimum Gasteiger partial charge on any atom is -0.463 e. The van der Waals surface area contributed by atoms with E-state index < -0.39 is 5.97 Å². The molecule has 0 saturated heterocycles. The predicted octanol–water partition coefficient (Wildman–Crippen LogP) is 2.70. The Morgan fingerprint density at radius 2 is 2.06 bits per heavy atom. The lowest BCUT2D eigenvalue weighted by atomic mass is 10.3. The highest BCUT2D eigenvalue weighted by Crippen LogP contribution is 2.10. The standard InChI is InChI=1S/C12H14FNO2/c1-3-16-12(15)8-9(2)14-11-6-4-10(13)5-7-11/h4-8,14H,3H2,1-2H3/b9-8-. The molecule has 1 aromatic rings. The van der Waals surface area contributed by atoms with Crippen molar-refractivity contribution in [1.29, 1.82) is 0 Å². The second-order valence-electron chi connectivity index (χ2n) is 3.21. The van der Waals surface area contributed by atoms with E-state index in [1.165, 1.54) is 18.2 Å². The van der Waals surface area contributed by atoms with E-state index in [4.69, 9.17) is 4.74 Å². The van der Waals surface area contributed by atoms with Gasteiger partial charge in [0, 0.05) is 17.5 Å². The van der Waals surface area contributed by atoms with Gasteiger partial charge < -0.3 is 10.1 Å². The Balaban J connectivity index is 2.60. The van der Waals surface area contributed by atoms with E-state index >= 15 is 0 Å². The van der Waals surface area contributed by atoms with Gasteiger partial charge in [-0.1, -0.05) is 0 Å². The van der Waals surface area contributed by atoms with E-state index in [2.05, 4.69) is 5.32 Å². The number of esters is 1. The lowest BCUT2D eigenvalue weighted by Crippen LogP contribution is -2.04. The van der Waals surface area contributed by atoms with Crippen LogP contribution < -0.4 is 5.32 Å². The van der Waals surface area contributed by atoms with Crippen LogP contribution in [0.1, 0.15) is 13.8 Å². The Hall–Kier alpha value is -1.84. The second kappa shape index (κ2) is 5.90. The third-order valence-electron chi connectivity index (χ3n) is 1.81. The zero-order valence-electron chi connectivity index (χ0n) is 9.29. The van der Waals surface area contributed by atoms with Crippen molar-refractivity contribution < 1.29 is 13.9 Å². The van der Waals surface area contributed by atoms with Crippen LogP contribution in [0.5, 0.6) is 0 Å². The zero-order chi connectivity index (χ0) is 12.0. The van der Waals surface area contributed by atoms with Crippen molar-refractivity contribution in [3.63, 3.8) is 0 Å². The van der Waals surface area contributed by atoms with Crippen LogP contribution in [0.15, 0.2) is 36.0 Å². The van der Waals surface area contributed by atoms with E-state index in [-0.39, 0.29) is 5.82 Å². The second-order valence-corrected chi connectivity index (χ2v) is 3.21. The SMILES string of the molecule is CCOC(=O)/C=C(/C)Nc1ccc(F)cc1. The van der Waals surface area contributed by atoms with Crippen molar-refractivity contribution in [2.75, 3.05) is 11.9 Å². The number of rotatable bonds is 4. The molecule has 1 N–H and O–H groups in total. The molecule has 1 rings (SSSR count). The average molecular weight is 223 g/mol. The molecular weight excluding hydrogens is 209 g/mol. The third kappa shape index (κ3) is 4.13. The van der Waals surface area contributed by atoms with Crippen LogP contribution in [0.2, 0.25) is 0 Å². The van der Waals surface area contributed by atoms with Gasteiger partial charge in [0.25, 0.3) is 0 Å². The van der Waals surface area contributed by atoms with Crippen LogP contribution in [-0.2, 0) is 9.53 Å². The zero-order valence-corrected chi connectivity index (χ0v) is 9.29. The first-order chi connectivity index (χ1) is 7.61. The van der Waals surface area contributed by atoms with Gasteiger partial charge in [-0.05, 0) is 38.1 Å². The lowest BCUT2D eigenvalue weighted by molar-refractivity contribution is -0.137. The highest BCUT2D eigenvalue weighted by Gasteiger charge is 1.98. The van der Waals surface area contributed by atoms with Gasteiger partial charge >= 0.3 is 5.97 Å². The Labute approximate surface area is 93.9 Å². The van der Waals surface area contributed by atoms with E-state index in [1.54, 1.807) is 26.0 Å². The Kier molecular flexibility index (Phi) is 4.51. The lowest BCUT2D eigenvalue weighted by Gasteiger charge is -2.06. The Morgan fingerprint density at radius 3 is 2.62 bits per heavy atom. The molecule has 0 aliphatic carbocycles. The summed E-state index contributed by atoms with van der Waals surface area (Å²) in [6, 6.07) is 5.88. The molecule has 0 bridgehead atoms. The quantitative estimate of drug-likeness (QED) is 0.630. The minimum atomic E-state index is -0.394. The molecule has 1 aromatic carbocycles. The minimum absolute atomic E-state index is 0.294. The van der Waals surface area contributed by atoms with Gasteiger partial charge in [0.05, 0.1) is 6.61 Å². The molecular formula is C12H14FNO2. The molecule has 0 atom stereocenters. The van der Waals surface area contributed by atoms with Gasteiger partial charge in [0.15, 0.2) is 0 Å². The summed E-state index contributed by atoms with van der Waals surface area (Å²) in [7, 11) is 0. The molecule has 0 aromatic heterocycles. The fraction of sp³-hybridized carbons (Fsp3) is 0.250. The van der Waals surface area contributed by atoms with Crippen LogP contribution in [0.3, 0.4) is 0 Å². The highest BCUT2D eigenvalue weighted by atomic mass is 19.1. The van der Waals surface area contributed by atoms with Crippen LogP contribution >= 0.6 is 0 Å². The third-order valence-corrected chi connectivity index (χ3v) is 1.81. The summed E-state index contributed by atoms with van der Waals surface area (Å²) < 4.78 is 17.4. The number of anilines is 1. The largest absolute Gasteiger partial charge is 0.463 e. The molecule has 0 heterocycles. The van der Waals surface area contributed by atoms with Crippen molar-refractivity contribution >= 4 is 11.7 Å². The fourth-order valence-electron chi connectivity index (χ4n) is 1.16. The van der Waals surface area contributed by atoms with Crippen LogP contribution in [0.4, 0.5) is 10.1 Å². The van der Waals surface area contributed by atoms with Gasteiger partial charge in [-0.3, -0.25) is 0 Å². The highest BCUT2D eigenvalue weighted by molar-refractivity contribution is 5.83. The number of carbonyl (C=O) groups excluding carboxylic acids is 1. The number of halogens is 1. The number of hydrogen-bond donors (Lipinski definition) is 1. The normalized spacial score (nSPS) is 11.1. The molecule has 0 unspecified atom stereocenters. The number of ether oxygens (including phenoxy) is 1. The van der Waals surface area contributed by atoms with Gasteiger partial charge in [0.2, 0.25) is 0 Å². The monoisotopic (exact) mass is 223 g/mol. The number of carbonyl (C=O) groups is 1. The summed E-state index contributed by atoms with van der Waals surface area (Å²) in [5.41, 5.74) is 1.37. The summed E-state index contributed by atoms with van der Waals surface area (Å²) >= 11 is 0. The summed E-state index contributed by atoms with van der Waals surface area (Å²) in [6.07, 6.45) is 1.35. The summed E-state index contributed by atoms with van der Waals surface area (Å²) in [6.45, 7) is 3.83. The number of allylic oxidation sites excluding steroid dienone is 1.